The van der Waals surface area contributed by atoms with E-state index in [9.17, 15) is 0 Å². The van der Waals surface area contributed by atoms with E-state index < -0.39 is 37.1 Å². The summed E-state index contributed by atoms with van der Waals surface area (Å²) >= 11 is 0. The van der Waals surface area contributed by atoms with Crippen molar-refractivity contribution in [2.75, 3.05) is 0 Å². The Bertz CT molecular complexity index is 312. The van der Waals surface area contributed by atoms with E-state index >= 15 is 0 Å². The van der Waals surface area contributed by atoms with Crippen molar-refractivity contribution in [1.29, 1.82) is 0 Å². The predicted molar refractivity (Wildman–Crippen MR) is 112 cm³/mol. The lowest BCUT2D eigenvalue weighted by Gasteiger charge is -2.45. The highest BCUT2D eigenvalue weighted by atomic mass is 28.5. The Balaban J connectivity index is 3.18. The van der Waals surface area contributed by atoms with Crippen LogP contribution in [0.5, 0.6) is 0 Å². The van der Waals surface area contributed by atoms with Crippen LogP contribution >= 0.6 is 0 Å². The molecule has 1 heterocycles. The van der Waals surface area contributed by atoms with Gasteiger partial charge in [-0.2, -0.15) is 0 Å². The van der Waals surface area contributed by atoms with Crippen LogP contribution in [0.1, 0.15) is 55.4 Å². The molecule has 1 saturated heterocycles. The first kappa shape index (κ1) is 22.7. The Labute approximate surface area is 157 Å². The van der Waals surface area contributed by atoms with Crippen LogP contribution in [0.2, 0.25) is 24.2 Å². The van der Waals surface area contributed by atoms with E-state index in [4.69, 9.17) is 16.5 Å². The largest absolute Gasteiger partial charge is 0.425 e. The van der Waals surface area contributed by atoms with Gasteiger partial charge in [0.05, 0.1) is 0 Å². The molecule has 1 aliphatic rings. The highest BCUT2D eigenvalue weighted by molar-refractivity contribution is 6.85. The lowest BCUT2D eigenvalue weighted by atomic mass is 10.3. The first-order valence-corrected chi connectivity index (χ1v) is 16.4. The lowest BCUT2D eigenvalue weighted by Crippen LogP contribution is -2.60. The molecule has 0 aromatic heterocycles. The molecule has 0 spiro atoms. The molecular weight excluding hydrogens is 369 g/mol. The van der Waals surface area contributed by atoms with Crippen molar-refractivity contribution in [3.63, 3.8) is 0 Å². The molecule has 0 N–H and O–H groups in total. The smallest absolute Gasteiger partial charge is 0.320 e. The van der Waals surface area contributed by atoms with Crippen molar-refractivity contribution < 1.29 is 16.5 Å². The Morgan fingerprint density at radius 3 is 1.12 bits per heavy atom. The molecule has 8 heteroatoms. The molecule has 0 bridgehead atoms. The summed E-state index contributed by atoms with van der Waals surface area (Å²) in [6.07, 6.45) is 0. The molecule has 0 amide bonds. The van der Waals surface area contributed by atoms with Gasteiger partial charge in [-0.1, -0.05) is 55.4 Å². The fourth-order valence-corrected chi connectivity index (χ4v) is 20.7. The zero-order valence-electron chi connectivity index (χ0n) is 17.2. The van der Waals surface area contributed by atoms with E-state index in [2.05, 4.69) is 55.4 Å². The van der Waals surface area contributed by atoms with Crippen LogP contribution in [-0.2, 0) is 16.5 Å². The van der Waals surface area contributed by atoms with Gasteiger partial charge in [0.2, 0.25) is 0 Å². The molecule has 144 valence electrons. The molecule has 0 atom stereocenters. The second-order valence-corrected chi connectivity index (χ2v) is 19.5. The van der Waals surface area contributed by atoms with E-state index in [-0.39, 0.29) is 0 Å². The van der Waals surface area contributed by atoms with Gasteiger partial charge in [0, 0.05) is 0 Å². The van der Waals surface area contributed by atoms with Crippen molar-refractivity contribution in [1.82, 2.24) is 0 Å². The molecule has 1 aliphatic heterocycles. The average Bonchev–Trinajstić information content (AvgIpc) is 2.32. The fraction of sp³-hybridized carbons (Fsp3) is 1.00. The lowest BCUT2D eigenvalue weighted by molar-refractivity contribution is 0.249. The quantitative estimate of drug-likeness (QED) is 0.575. The van der Waals surface area contributed by atoms with E-state index in [1.54, 1.807) is 0 Å². The third kappa shape index (κ3) is 7.94. The van der Waals surface area contributed by atoms with Gasteiger partial charge in [-0.05, 0) is 47.8 Å². The van der Waals surface area contributed by atoms with E-state index in [1.807, 2.05) is 0 Å². The minimum atomic E-state index is -2.26. The summed E-state index contributed by atoms with van der Waals surface area (Å²) in [5.74, 6) is 2.36. The van der Waals surface area contributed by atoms with Gasteiger partial charge >= 0.3 is 17.1 Å². The van der Waals surface area contributed by atoms with Crippen LogP contribution in [0.3, 0.4) is 0 Å². The molecule has 24 heavy (non-hydrogen) atoms. The topological polar surface area (TPSA) is 36.9 Å². The van der Waals surface area contributed by atoms with Crippen molar-refractivity contribution in [2.24, 2.45) is 23.7 Å². The Morgan fingerprint density at radius 1 is 0.583 bits per heavy atom. The summed E-state index contributed by atoms with van der Waals surface area (Å²) in [7, 11) is -6.42. The van der Waals surface area contributed by atoms with Crippen LogP contribution in [0.4, 0.5) is 0 Å². The predicted octanol–water partition coefficient (Wildman–Crippen LogP) is 3.57. The zero-order valence-corrected chi connectivity index (χ0v) is 22.0. The minimum Gasteiger partial charge on any atom is -0.425 e. The molecule has 0 aromatic carbocycles. The van der Waals surface area contributed by atoms with Crippen LogP contribution in [0.15, 0.2) is 0 Å². The first-order valence-electron chi connectivity index (χ1n) is 9.64. The first-order chi connectivity index (χ1) is 11.1. The second kappa shape index (κ2) is 10.1. The average molecular weight is 409 g/mol. The SMILES string of the molecule is CC(C)C[Si]1(CC(C)C)O[SiH2]O[SiH2]O[Si](CC(C)C)(CC(C)C)O1. The molecule has 0 aliphatic carbocycles. The van der Waals surface area contributed by atoms with E-state index in [0.29, 0.717) is 23.7 Å². The van der Waals surface area contributed by atoms with Crippen molar-refractivity contribution in [2.45, 2.75) is 79.6 Å². The Hall–Kier alpha value is 0.708. The minimum absolute atomic E-state index is 0.589. The fourth-order valence-electron chi connectivity index (χ4n) is 3.79. The maximum absolute atomic E-state index is 7.13. The molecule has 0 aromatic rings. The van der Waals surface area contributed by atoms with Gasteiger partial charge in [-0.3, -0.25) is 0 Å². The summed E-state index contributed by atoms with van der Waals surface area (Å²) < 4.78 is 26.1. The molecule has 0 unspecified atom stereocenters. The summed E-state index contributed by atoms with van der Waals surface area (Å²) in [6, 6.07) is 4.27. The van der Waals surface area contributed by atoms with Crippen LogP contribution in [0.25, 0.3) is 0 Å². The molecule has 1 fully saturated rings. The Morgan fingerprint density at radius 2 is 0.875 bits per heavy atom. The molecule has 1 rings (SSSR count). The molecule has 0 radical (unpaired) electrons. The standard InChI is InChI=1S/C16H40O4Si4/c1-13(2)9-23(10-14(3)4)18-21-17-22-19-24(20-23,11-15(5)6)12-16(7)8/h13-16H,9-12,21-22H2,1-8H3. The Kier molecular flexibility index (Phi) is 9.62. The monoisotopic (exact) mass is 408 g/mol. The second-order valence-electron chi connectivity index (χ2n) is 9.04. The molecule has 4 nitrogen and oxygen atoms in total. The summed E-state index contributed by atoms with van der Waals surface area (Å²) in [5, 5.41) is 0. The van der Waals surface area contributed by atoms with Crippen LogP contribution in [0, 0.1) is 23.7 Å². The van der Waals surface area contributed by atoms with Crippen LogP contribution in [-0.4, -0.2) is 37.1 Å². The van der Waals surface area contributed by atoms with Crippen molar-refractivity contribution in [3.05, 3.63) is 0 Å². The number of hydrogen-bond donors (Lipinski definition) is 0. The highest BCUT2D eigenvalue weighted by Gasteiger charge is 2.50. The normalized spacial score (nSPS) is 23.5. The van der Waals surface area contributed by atoms with Gasteiger partial charge in [0.15, 0.2) is 0 Å². The number of rotatable bonds is 8. The summed E-state index contributed by atoms with van der Waals surface area (Å²) in [6.45, 7) is 18.3. The van der Waals surface area contributed by atoms with Crippen molar-refractivity contribution >= 4 is 37.1 Å². The van der Waals surface area contributed by atoms with E-state index in [1.165, 1.54) is 0 Å². The highest BCUT2D eigenvalue weighted by Crippen LogP contribution is 2.37. The summed E-state index contributed by atoms with van der Waals surface area (Å²) in [4.78, 5) is 0. The van der Waals surface area contributed by atoms with Gasteiger partial charge in [0.1, 0.15) is 0 Å². The molecular formula is C16H40O4Si4. The van der Waals surface area contributed by atoms with Gasteiger partial charge < -0.3 is 16.5 Å². The zero-order chi connectivity index (χ0) is 18.4. The third-order valence-corrected chi connectivity index (χ3v) is 19.3. The summed E-state index contributed by atoms with van der Waals surface area (Å²) in [5.41, 5.74) is 0. The van der Waals surface area contributed by atoms with Gasteiger partial charge in [0.25, 0.3) is 20.0 Å². The van der Waals surface area contributed by atoms with Crippen molar-refractivity contribution in [3.8, 4) is 0 Å². The maximum atomic E-state index is 7.13. The maximum Gasteiger partial charge on any atom is 0.320 e. The van der Waals surface area contributed by atoms with Gasteiger partial charge in [-0.25, -0.2) is 0 Å². The number of hydrogen-bond acceptors (Lipinski definition) is 4. The molecule has 0 saturated carbocycles. The van der Waals surface area contributed by atoms with Crippen LogP contribution < -0.4 is 0 Å². The van der Waals surface area contributed by atoms with Gasteiger partial charge in [-0.15, -0.1) is 0 Å². The third-order valence-electron chi connectivity index (χ3n) is 4.06. The van der Waals surface area contributed by atoms with E-state index in [0.717, 1.165) is 24.2 Å².